The van der Waals surface area contributed by atoms with Crippen LogP contribution < -0.4 is 10.6 Å². The Morgan fingerprint density at radius 3 is 2.35 bits per heavy atom. The van der Waals surface area contributed by atoms with Gasteiger partial charge in [0.25, 0.3) is 5.91 Å². The molecule has 1 amide bonds. The first-order valence-electron chi connectivity index (χ1n) is 14.5. The van der Waals surface area contributed by atoms with Crippen LogP contribution >= 0.6 is 15.9 Å². The number of allylic oxidation sites excluding steroid dienone is 1. The van der Waals surface area contributed by atoms with E-state index in [0.717, 1.165) is 55.6 Å². The number of nitrogens with one attached hydrogen (secondary N) is 2. The van der Waals surface area contributed by atoms with E-state index in [4.69, 9.17) is 0 Å². The molecule has 1 fully saturated rings. The molecule has 1 aliphatic heterocycles. The minimum atomic E-state index is -0.381. The third-order valence-electron chi connectivity index (χ3n) is 7.84. The van der Waals surface area contributed by atoms with Gasteiger partial charge in [-0.15, -0.1) is 0 Å². The standard InChI is InChI=1S/C32H44BrN5O2/c1-7-12-28(32(8-2,9-3)23(6)38-17-10-11-18-38)35-26(21-39)19-24-13-15-25(16-14-24)36-31(40)29-27(33)20-34-30(37-29)22(4)5/h12-16,20-22,26,35H,6-11,17-19H2,1-5H3,(H,36,40)/b28-12+. The van der Waals surface area contributed by atoms with E-state index in [1.807, 2.05) is 38.1 Å². The molecule has 40 heavy (non-hydrogen) atoms. The van der Waals surface area contributed by atoms with Crippen molar-refractivity contribution < 1.29 is 9.59 Å². The minimum absolute atomic E-state index is 0.115. The Morgan fingerprint density at radius 2 is 1.80 bits per heavy atom. The van der Waals surface area contributed by atoms with Crippen LogP contribution in [0.25, 0.3) is 0 Å². The first-order chi connectivity index (χ1) is 19.2. The number of aldehydes is 1. The van der Waals surface area contributed by atoms with Crippen molar-refractivity contribution in [1.29, 1.82) is 0 Å². The molecular formula is C32H44BrN5O2. The van der Waals surface area contributed by atoms with Gasteiger partial charge in [-0.25, -0.2) is 9.97 Å². The number of rotatable bonds is 14. The number of carbonyl (C=O) groups is 2. The topological polar surface area (TPSA) is 87.2 Å². The predicted octanol–water partition coefficient (Wildman–Crippen LogP) is 7.02. The van der Waals surface area contributed by atoms with Crippen LogP contribution in [0.4, 0.5) is 5.69 Å². The average Bonchev–Trinajstić information content (AvgIpc) is 3.49. The van der Waals surface area contributed by atoms with Crippen LogP contribution in [-0.2, 0) is 11.2 Å². The van der Waals surface area contributed by atoms with Gasteiger partial charge < -0.3 is 20.3 Å². The molecule has 0 aliphatic carbocycles. The fraction of sp³-hybridized carbons (Fsp3) is 0.500. The predicted molar refractivity (Wildman–Crippen MR) is 166 cm³/mol. The van der Waals surface area contributed by atoms with E-state index < -0.39 is 0 Å². The Kier molecular flexibility index (Phi) is 11.5. The number of hydrogen-bond donors (Lipinski definition) is 2. The van der Waals surface area contributed by atoms with E-state index in [1.165, 1.54) is 12.8 Å². The summed E-state index contributed by atoms with van der Waals surface area (Å²) in [5.74, 6) is 0.426. The summed E-state index contributed by atoms with van der Waals surface area (Å²) in [5.41, 5.74) is 3.98. The van der Waals surface area contributed by atoms with Gasteiger partial charge in [0.1, 0.15) is 17.8 Å². The lowest BCUT2D eigenvalue weighted by Crippen LogP contribution is -2.43. The maximum Gasteiger partial charge on any atom is 0.275 e. The molecule has 0 spiro atoms. The Labute approximate surface area is 248 Å². The summed E-state index contributed by atoms with van der Waals surface area (Å²) in [5, 5.41) is 6.52. The van der Waals surface area contributed by atoms with Gasteiger partial charge in [0.05, 0.1) is 10.5 Å². The summed E-state index contributed by atoms with van der Waals surface area (Å²) in [4.78, 5) is 36.3. The van der Waals surface area contributed by atoms with E-state index >= 15 is 0 Å². The summed E-state index contributed by atoms with van der Waals surface area (Å²) in [6.45, 7) is 17.2. The summed E-state index contributed by atoms with van der Waals surface area (Å²) < 4.78 is 0.546. The van der Waals surface area contributed by atoms with Crippen molar-refractivity contribution in [2.24, 2.45) is 5.41 Å². The highest BCUT2D eigenvalue weighted by atomic mass is 79.9. The molecular weight excluding hydrogens is 566 g/mol. The van der Waals surface area contributed by atoms with E-state index in [0.29, 0.717) is 28.1 Å². The molecule has 2 aromatic rings. The molecule has 1 atom stereocenters. The Balaban J connectivity index is 1.73. The molecule has 8 heteroatoms. The van der Waals surface area contributed by atoms with Gasteiger partial charge in [0, 0.05) is 47.7 Å². The summed E-state index contributed by atoms with van der Waals surface area (Å²) in [7, 11) is 0. The van der Waals surface area contributed by atoms with Gasteiger partial charge in [0.2, 0.25) is 0 Å². The average molecular weight is 611 g/mol. The number of benzene rings is 1. The molecule has 3 rings (SSSR count). The smallest absolute Gasteiger partial charge is 0.275 e. The van der Waals surface area contributed by atoms with Crippen LogP contribution in [-0.4, -0.2) is 46.2 Å². The number of nitrogens with zero attached hydrogens (tertiary/aromatic N) is 3. The van der Waals surface area contributed by atoms with Gasteiger partial charge in [-0.1, -0.05) is 59.4 Å². The zero-order valence-corrected chi connectivity index (χ0v) is 26.2. The maximum atomic E-state index is 12.9. The van der Waals surface area contributed by atoms with Crippen LogP contribution in [0.5, 0.6) is 0 Å². The summed E-state index contributed by atoms with van der Waals surface area (Å²) in [6, 6.07) is 7.22. The van der Waals surface area contributed by atoms with Crippen molar-refractivity contribution >= 4 is 33.8 Å². The van der Waals surface area contributed by atoms with E-state index in [-0.39, 0.29) is 23.3 Å². The number of anilines is 1. The van der Waals surface area contributed by atoms with Gasteiger partial charge in [0.15, 0.2) is 0 Å². The highest BCUT2D eigenvalue weighted by molar-refractivity contribution is 9.10. The second kappa shape index (κ2) is 14.6. The van der Waals surface area contributed by atoms with Crippen molar-refractivity contribution in [1.82, 2.24) is 20.2 Å². The minimum Gasteiger partial charge on any atom is -0.378 e. The molecule has 0 bridgehead atoms. The normalized spacial score (nSPS) is 14.8. The van der Waals surface area contributed by atoms with Crippen LogP contribution in [0.15, 0.2) is 59.0 Å². The van der Waals surface area contributed by atoms with Crippen LogP contribution in [0.2, 0.25) is 0 Å². The van der Waals surface area contributed by atoms with E-state index in [2.05, 4.69) is 74.9 Å². The third kappa shape index (κ3) is 7.39. The van der Waals surface area contributed by atoms with Crippen molar-refractivity contribution in [3.8, 4) is 0 Å². The second-order valence-electron chi connectivity index (χ2n) is 10.8. The second-order valence-corrected chi connectivity index (χ2v) is 11.6. The Hall–Kier alpha value is -3.00. The quantitative estimate of drug-likeness (QED) is 0.224. The van der Waals surface area contributed by atoms with Crippen LogP contribution in [0.3, 0.4) is 0 Å². The van der Waals surface area contributed by atoms with Crippen molar-refractivity contribution in [2.75, 3.05) is 18.4 Å². The molecule has 2 N–H and O–H groups in total. The number of aromatic nitrogens is 2. The van der Waals surface area contributed by atoms with Crippen LogP contribution in [0, 0.1) is 5.41 Å². The van der Waals surface area contributed by atoms with E-state index in [1.54, 1.807) is 6.20 Å². The molecule has 0 radical (unpaired) electrons. The summed E-state index contributed by atoms with van der Waals surface area (Å²) in [6.07, 6.45) is 10.5. The Bertz CT molecular complexity index is 1200. The number of likely N-dealkylation sites (tertiary alicyclic amines) is 1. The Morgan fingerprint density at radius 1 is 1.15 bits per heavy atom. The lowest BCUT2D eigenvalue weighted by Gasteiger charge is -2.42. The van der Waals surface area contributed by atoms with Gasteiger partial charge in [-0.2, -0.15) is 0 Å². The zero-order chi connectivity index (χ0) is 29.3. The van der Waals surface area contributed by atoms with Gasteiger partial charge >= 0.3 is 0 Å². The van der Waals surface area contributed by atoms with Crippen molar-refractivity contribution in [3.05, 3.63) is 76.1 Å². The molecule has 7 nitrogen and oxygen atoms in total. The zero-order valence-electron chi connectivity index (χ0n) is 24.6. The lowest BCUT2D eigenvalue weighted by atomic mass is 9.75. The largest absolute Gasteiger partial charge is 0.378 e. The SMILES string of the molecule is C=C(N1CCCC1)C(CC)(CC)/C(=C\CC)NC(C=O)Cc1ccc(NC(=O)c2nc(C(C)C)ncc2Br)cc1. The first kappa shape index (κ1) is 31.5. The maximum absolute atomic E-state index is 12.9. The molecule has 2 heterocycles. The monoisotopic (exact) mass is 609 g/mol. The number of amides is 1. The highest BCUT2D eigenvalue weighted by Gasteiger charge is 2.38. The molecule has 1 aliphatic rings. The number of hydrogen-bond acceptors (Lipinski definition) is 6. The van der Waals surface area contributed by atoms with Crippen molar-refractivity contribution in [2.45, 2.75) is 85.1 Å². The lowest BCUT2D eigenvalue weighted by molar-refractivity contribution is -0.109. The fourth-order valence-electron chi connectivity index (χ4n) is 5.40. The van der Waals surface area contributed by atoms with Crippen LogP contribution in [0.1, 0.15) is 94.5 Å². The van der Waals surface area contributed by atoms with Gasteiger partial charge in [-0.05, 0) is 72.2 Å². The molecule has 0 saturated carbocycles. The fourth-order valence-corrected chi connectivity index (χ4v) is 5.77. The van der Waals surface area contributed by atoms with Crippen molar-refractivity contribution in [3.63, 3.8) is 0 Å². The molecule has 216 valence electrons. The molecule has 1 aromatic heterocycles. The van der Waals surface area contributed by atoms with E-state index in [9.17, 15) is 9.59 Å². The number of halogens is 1. The number of carbonyl (C=O) groups excluding carboxylic acids is 2. The molecule has 1 saturated heterocycles. The highest BCUT2D eigenvalue weighted by Crippen LogP contribution is 2.43. The first-order valence-corrected chi connectivity index (χ1v) is 15.3. The third-order valence-corrected chi connectivity index (χ3v) is 8.42. The molecule has 1 unspecified atom stereocenters. The van der Waals surface area contributed by atoms with Gasteiger partial charge in [-0.3, -0.25) is 4.79 Å². The summed E-state index contributed by atoms with van der Waals surface area (Å²) >= 11 is 3.38. The molecule has 1 aromatic carbocycles.